The van der Waals surface area contributed by atoms with E-state index >= 15 is 0 Å². The highest BCUT2D eigenvalue weighted by Crippen LogP contribution is 2.32. The number of hydrogen-bond acceptors (Lipinski definition) is 5. The Hall–Kier alpha value is -1.49. The number of nitrogens with two attached hydrogens (primary N) is 1. The van der Waals surface area contributed by atoms with Gasteiger partial charge < -0.3 is 5.73 Å². The molecule has 0 spiro atoms. The molecule has 18 heavy (non-hydrogen) atoms. The van der Waals surface area contributed by atoms with Crippen molar-refractivity contribution >= 4 is 16.7 Å². The Morgan fingerprint density at radius 2 is 2.00 bits per heavy atom. The topological polar surface area (TPSA) is 64.7 Å². The number of aromatic nitrogens is 3. The highest BCUT2D eigenvalue weighted by atomic mass is 32.1. The molecule has 0 saturated heterocycles. The molecule has 2 aromatic heterocycles. The highest BCUT2D eigenvalue weighted by molar-refractivity contribution is 7.09. The first-order valence-corrected chi connectivity index (χ1v) is 7.16. The lowest BCUT2D eigenvalue weighted by atomic mass is 9.85. The van der Waals surface area contributed by atoms with Crippen molar-refractivity contribution in [3.8, 4) is 11.5 Å². The van der Waals surface area contributed by atoms with Gasteiger partial charge in [0.1, 0.15) is 5.69 Å². The summed E-state index contributed by atoms with van der Waals surface area (Å²) in [4.78, 5) is 8.61. The molecule has 0 aliphatic heterocycles. The first-order valence-electron chi connectivity index (χ1n) is 6.38. The Bertz CT molecular complexity index is 514. The molecule has 0 radical (unpaired) electrons. The normalized spacial score (nSPS) is 16.9. The fraction of sp³-hybridized carbons (Fsp3) is 0.462. The van der Waals surface area contributed by atoms with Gasteiger partial charge >= 0.3 is 0 Å². The van der Waals surface area contributed by atoms with Gasteiger partial charge in [-0.15, -0.1) is 0 Å². The fourth-order valence-corrected chi connectivity index (χ4v) is 3.00. The van der Waals surface area contributed by atoms with Gasteiger partial charge in [-0.05, 0) is 30.4 Å². The maximum Gasteiger partial charge on any atom is 0.200 e. The van der Waals surface area contributed by atoms with E-state index in [2.05, 4.69) is 20.4 Å². The van der Waals surface area contributed by atoms with E-state index < -0.39 is 0 Å². The van der Waals surface area contributed by atoms with Gasteiger partial charge in [0.15, 0.2) is 11.0 Å². The van der Waals surface area contributed by atoms with Crippen LogP contribution in [-0.2, 0) is 0 Å². The maximum atomic E-state index is 5.58. The molecular formula is C13H16N4S. The summed E-state index contributed by atoms with van der Waals surface area (Å²) < 4.78 is 4.17. The third-order valence-corrected chi connectivity index (χ3v) is 4.08. The standard InChI is InChI=1S/C13H16N4S/c14-13-16-12(17-18-13)11-7-6-10(8-15-11)9-4-2-1-3-5-9/h6-9H,1-5H2,(H2,14,16,17). The number of nitrogens with zero attached hydrogens (tertiary/aromatic N) is 3. The highest BCUT2D eigenvalue weighted by Gasteiger charge is 2.16. The van der Waals surface area contributed by atoms with Crippen LogP contribution in [0.1, 0.15) is 43.6 Å². The third-order valence-electron chi connectivity index (χ3n) is 3.53. The smallest absolute Gasteiger partial charge is 0.200 e. The number of anilines is 1. The summed E-state index contributed by atoms with van der Waals surface area (Å²) in [6.07, 6.45) is 8.63. The second-order valence-corrected chi connectivity index (χ2v) is 5.55. The third kappa shape index (κ3) is 2.36. The molecule has 1 saturated carbocycles. The van der Waals surface area contributed by atoms with Crippen LogP contribution in [0.25, 0.3) is 11.5 Å². The molecule has 0 unspecified atom stereocenters. The second kappa shape index (κ2) is 5.02. The minimum absolute atomic E-state index is 0.489. The summed E-state index contributed by atoms with van der Waals surface area (Å²) in [5.74, 6) is 1.32. The van der Waals surface area contributed by atoms with Crippen LogP contribution in [0.15, 0.2) is 18.3 Å². The van der Waals surface area contributed by atoms with Gasteiger partial charge in [0.05, 0.1) is 0 Å². The lowest BCUT2D eigenvalue weighted by Gasteiger charge is -2.21. The molecule has 1 aliphatic rings. The average Bonchev–Trinajstić information content (AvgIpc) is 2.87. The molecule has 0 bridgehead atoms. The zero-order chi connectivity index (χ0) is 12.4. The molecule has 0 aromatic carbocycles. The van der Waals surface area contributed by atoms with Gasteiger partial charge in [-0.2, -0.15) is 9.36 Å². The van der Waals surface area contributed by atoms with E-state index in [-0.39, 0.29) is 0 Å². The summed E-state index contributed by atoms with van der Waals surface area (Å²) in [5.41, 5.74) is 7.74. The van der Waals surface area contributed by atoms with Crippen molar-refractivity contribution in [1.82, 2.24) is 14.3 Å². The van der Waals surface area contributed by atoms with Crippen LogP contribution in [0, 0.1) is 0 Å². The first-order chi connectivity index (χ1) is 8.83. The van der Waals surface area contributed by atoms with Crippen LogP contribution in [0.3, 0.4) is 0 Å². The van der Waals surface area contributed by atoms with Crippen LogP contribution in [0.5, 0.6) is 0 Å². The van der Waals surface area contributed by atoms with Crippen molar-refractivity contribution in [2.75, 3.05) is 5.73 Å². The van der Waals surface area contributed by atoms with Crippen LogP contribution in [0.2, 0.25) is 0 Å². The summed E-state index contributed by atoms with van der Waals surface area (Å²) in [6.45, 7) is 0. The Morgan fingerprint density at radius 1 is 1.17 bits per heavy atom. The van der Waals surface area contributed by atoms with Gasteiger partial charge in [0.2, 0.25) is 0 Å². The van der Waals surface area contributed by atoms with Gasteiger partial charge in [0.25, 0.3) is 0 Å². The lowest BCUT2D eigenvalue weighted by Crippen LogP contribution is -2.04. The lowest BCUT2D eigenvalue weighted by molar-refractivity contribution is 0.443. The quantitative estimate of drug-likeness (QED) is 0.900. The molecule has 3 rings (SSSR count). The predicted molar refractivity (Wildman–Crippen MR) is 73.4 cm³/mol. The van der Waals surface area contributed by atoms with Crippen LogP contribution in [-0.4, -0.2) is 14.3 Å². The molecule has 0 amide bonds. The van der Waals surface area contributed by atoms with Gasteiger partial charge in [-0.3, -0.25) is 4.98 Å². The van der Waals surface area contributed by atoms with Gasteiger partial charge in [0, 0.05) is 17.7 Å². The van der Waals surface area contributed by atoms with Crippen LogP contribution >= 0.6 is 11.5 Å². The molecule has 2 N–H and O–H groups in total. The summed E-state index contributed by atoms with van der Waals surface area (Å²) >= 11 is 1.21. The second-order valence-electron chi connectivity index (χ2n) is 4.77. The van der Waals surface area contributed by atoms with E-state index in [1.165, 1.54) is 49.2 Å². The monoisotopic (exact) mass is 260 g/mol. The Labute approximate surface area is 110 Å². The molecular weight excluding hydrogens is 244 g/mol. The van der Waals surface area contributed by atoms with E-state index in [1.54, 1.807) is 0 Å². The van der Waals surface area contributed by atoms with Crippen molar-refractivity contribution in [3.63, 3.8) is 0 Å². The first kappa shape index (κ1) is 11.6. The zero-order valence-electron chi connectivity index (χ0n) is 10.2. The zero-order valence-corrected chi connectivity index (χ0v) is 11.0. The molecule has 5 heteroatoms. The van der Waals surface area contributed by atoms with Crippen molar-refractivity contribution in [2.45, 2.75) is 38.0 Å². The average molecular weight is 260 g/mol. The summed E-state index contributed by atoms with van der Waals surface area (Å²) in [5, 5.41) is 0.489. The predicted octanol–water partition coefficient (Wildman–Crippen LogP) is 3.23. The van der Waals surface area contributed by atoms with E-state index in [0.717, 1.165) is 5.69 Å². The number of pyridine rings is 1. The van der Waals surface area contributed by atoms with Gasteiger partial charge in [-0.1, -0.05) is 25.3 Å². The Balaban J connectivity index is 1.80. The summed E-state index contributed by atoms with van der Waals surface area (Å²) in [7, 11) is 0. The molecule has 1 aliphatic carbocycles. The van der Waals surface area contributed by atoms with Gasteiger partial charge in [-0.25, -0.2) is 0 Å². The maximum absolute atomic E-state index is 5.58. The van der Waals surface area contributed by atoms with E-state index in [0.29, 0.717) is 16.9 Å². The Kier molecular flexibility index (Phi) is 3.23. The molecule has 0 atom stereocenters. The van der Waals surface area contributed by atoms with E-state index in [4.69, 9.17) is 5.73 Å². The largest absolute Gasteiger partial charge is 0.374 e. The summed E-state index contributed by atoms with van der Waals surface area (Å²) in [6, 6.07) is 4.17. The molecule has 94 valence electrons. The van der Waals surface area contributed by atoms with Crippen molar-refractivity contribution < 1.29 is 0 Å². The van der Waals surface area contributed by atoms with Crippen molar-refractivity contribution in [1.29, 1.82) is 0 Å². The van der Waals surface area contributed by atoms with Crippen molar-refractivity contribution in [3.05, 3.63) is 23.9 Å². The van der Waals surface area contributed by atoms with E-state index in [9.17, 15) is 0 Å². The molecule has 2 aromatic rings. The molecule has 1 fully saturated rings. The minimum Gasteiger partial charge on any atom is -0.374 e. The minimum atomic E-state index is 0.489. The molecule has 4 nitrogen and oxygen atoms in total. The Morgan fingerprint density at radius 3 is 2.61 bits per heavy atom. The SMILES string of the molecule is Nc1nc(-c2ccc(C3CCCCC3)cn2)ns1. The number of nitrogen functional groups attached to an aromatic ring is 1. The number of hydrogen-bond donors (Lipinski definition) is 1. The van der Waals surface area contributed by atoms with Crippen LogP contribution < -0.4 is 5.73 Å². The van der Waals surface area contributed by atoms with Crippen LogP contribution in [0.4, 0.5) is 5.13 Å². The fourth-order valence-electron chi connectivity index (χ4n) is 2.55. The van der Waals surface area contributed by atoms with E-state index in [1.807, 2.05) is 12.3 Å². The molecule has 2 heterocycles. The van der Waals surface area contributed by atoms with Crippen molar-refractivity contribution in [2.24, 2.45) is 0 Å². The number of rotatable bonds is 2.